The van der Waals surface area contributed by atoms with Crippen LogP contribution in [0.2, 0.25) is 5.02 Å². The van der Waals surface area contributed by atoms with Crippen LogP contribution in [0.15, 0.2) is 40.9 Å². The third kappa shape index (κ3) is 2.89. The Labute approximate surface area is 119 Å². The van der Waals surface area contributed by atoms with Crippen LogP contribution in [-0.2, 0) is 0 Å². The molecule has 0 aromatic heterocycles. The van der Waals surface area contributed by atoms with Crippen LogP contribution in [0.4, 0.5) is 17.1 Å². The number of rotatable bonds is 3. The van der Waals surface area contributed by atoms with E-state index in [1.54, 1.807) is 19.2 Å². The summed E-state index contributed by atoms with van der Waals surface area (Å²) in [6.45, 7) is 0. The molecule has 0 amide bonds. The summed E-state index contributed by atoms with van der Waals surface area (Å²) in [5, 5.41) is 3.80. The lowest BCUT2D eigenvalue weighted by molar-refractivity contribution is 0.415. The number of nitrogens with two attached hydrogens (primary N) is 1. The molecule has 2 rings (SSSR count). The summed E-state index contributed by atoms with van der Waals surface area (Å²) in [4.78, 5) is 0. The van der Waals surface area contributed by atoms with Crippen LogP contribution in [0.3, 0.4) is 0 Å². The minimum absolute atomic E-state index is 0.574. The maximum absolute atomic E-state index is 6.12. The maximum Gasteiger partial charge on any atom is 0.121 e. The highest BCUT2D eigenvalue weighted by molar-refractivity contribution is 9.10. The molecule has 5 heteroatoms. The Bertz CT molecular complexity index is 575. The van der Waals surface area contributed by atoms with Crippen molar-refractivity contribution in [3.05, 3.63) is 45.9 Å². The van der Waals surface area contributed by atoms with Gasteiger partial charge < -0.3 is 15.8 Å². The summed E-state index contributed by atoms with van der Waals surface area (Å²) in [7, 11) is 1.63. The molecule has 0 bridgehead atoms. The Morgan fingerprint density at radius 3 is 2.61 bits per heavy atom. The summed E-state index contributed by atoms with van der Waals surface area (Å²) in [6, 6.07) is 11.0. The number of anilines is 3. The zero-order valence-corrected chi connectivity index (χ0v) is 12.0. The number of benzene rings is 2. The standard InChI is InChI=1S/C13H12BrClN2O/c1-18-9-3-4-10(14)13(7-9)17-12-5-2-8(16)6-11(12)15/h2-7,17H,16H2,1H3. The van der Waals surface area contributed by atoms with E-state index in [-0.39, 0.29) is 0 Å². The van der Waals surface area contributed by atoms with Crippen LogP contribution < -0.4 is 15.8 Å². The molecule has 0 spiro atoms. The predicted molar refractivity (Wildman–Crippen MR) is 79.8 cm³/mol. The van der Waals surface area contributed by atoms with Gasteiger partial charge in [0.05, 0.1) is 23.5 Å². The van der Waals surface area contributed by atoms with E-state index < -0.39 is 0 Å². The molecule has 18 heavy (non-hydrogen) atoms. The summed E-state index contributed by atoms with van der Waals surface area (Å²) < 4.78 is 6.11. The number of methoxy groups -OCH3 is 1. The fourth-order valence-electron chi connectivity index (χ4n) is 1.50. The third-order valence-electron chi connectivity index (χ3n) is 2.44. The van der Waals surface area contributed by atoms with Crippen LogP contribution in [0.1, 0.15) is 0 Å². The number of nitrogens with one attached hydrogen (secondary N) is 1. The first-order valence-electron chi connectivity index (χ1n) is 5.26. The lowest BCUT2D eigenvalue weighted by atomic mass is 10.2. The quantitative estimate of drug-likeness (QED) is 0.819. The minimum atomic E-state index is 0.574. The van der Waals surface area contributed by atoms with Crippen LogP contribution in [0.5, 0.6) is 5.75 Å². The maximum atomic E-state index is 6.12. The van der Waals surface area contributed by atoms with Gasteiger partial charge in [0, 0.05) is 16.2 Å². The number of halogens is 2. The Kier molecular flexibility index (Phi) is 3.99. The van der Waals surface area contributed by atoms with Crippen molar-refractivity contribution in [2.45, 2.75) is 0 Å². The predicted octanol–water partition coefficient (Wildman–Crippen LogP) is 4.44. The average Bonchev–Trinajstić information content (AvgIpc) is 2.35. The van der Waals surface area contributed by atoms with Crippen molar-refractivity contribution in [2.75, 3.05) is 18.2 Å². The van der Waals surface area contributed by atoms with Gasteiger partial charge in [0.25, 0.3) is 0 Å². The lowest BCUT2D eigenvalue weighted by Crippen LogP contribution is -1.94. The van der Waals surface area contributed by atoms with Gasteiger partial charge in [0.15, 0.2) is 0 Å². The lowest BCUT2D eigenvalue weighted by Gasteiger charge is -2.12. The molecule has 94 valence electrons. The van der Waals surface area contributed by atoms with E-state index in [4.69, 9.17) is 22.1 Å². The molecule has 0 saturated heterocycles. The van der Waals surface area contributed by atoms with E-state index in [2.05, 4.69) is 21.2 Å². The molecule has 0 aliphatic heterocycles. The first kappa shape index (κ1) is 13.1. The number of hydrogen-bond acceptors (Lipinski definition) is 3. The van der Waals surface area contributed by atoms with Gasteiger partial charge in [-0.05, 0) is 46.3 Å². The molecule has 2 aromatic rings. The van der Waals surface area contributed by atoms with Crippen LogP contribution in [-0.4, -0.2) is 7.11 Å². The van der Waals surface area contributed by atoms with E-state index >= 15 is 0 Å². The fourth-order valence-corrected chi connectivity index (χ4v) is 2.09. The van der Waals surface area contributed by atoms with Gasteiger partial charge in [-0.3, -0.25) is 0 Å². The summed E-state index contributed by atoms with van der Waals surface area (Å²) in [5.41, 5.74) is 7.96. The second-order valence-electron chi connectivity index (χ2n) is 3.71. The Balaban J connectivity index is 2.33. The largest absolute Gasteiger partial charge is 0.497 e. The SMILES string of the molecule is COc1ccc(Br)c(Nc2ccc(N)cc2Cl)c1. The van der Waals surface area contributed by atoms with E-state index in [0.717, 1.165) is 21.6 Å². The summed E-state index contributed by atoms with van der Waals surface area (Å²) in [6.07, 6.45) is 0. The van der Waals surface area contributed by atoms with Crippen molar-refractivity contribution in [1.82, 2.24) is 0 Å². The van der Waals surface area contributed by atoms with Crippen molar-refractivity contribution in [2.24, 2.45) is 0 Å². The van der Waals surface area contributed by atoms with Crippen molar-refractivity contribution in [3.8, 4) is 5.75 Å². The molecule has 0 radical (unpaired) electrons. The average molecular weight is 328 g/mol. The fraction of sp³-hybridized carbons (Fsp3) is 0.0769. The molecule has 3 N–H and O–H groups in total. The highest BCUT2D eigenvalue weighted by atomic mass is 79.9. The molecule has 0 fully saturated rings. The van der Waals surface area contributed by atoms with Crippen LogP contribution in [0, 0.1) is 0 Å². The van der Waals surface area contributed by atoms with Crippen molar-refractivity contribution in [1.29, 1.82) is 0 Å². The van der Waals surface area contributed by atoms with Gasteiger partial charge in [-0.2, -0.15) is 0 Å². The molecule has 0 atom stereocenters. The van der Waals surface area contributed by atoms with Gasteiger partial charge in [0.1, 0.15) is 5.75 Å². The zero-order valence-electron chi connectivity index (χ0n) is 9.71. The Morgan fingerprint density at radius 2 is 1.94 bits per heavy atom. The molecule has 0 heterocycles. The molecule has 0 aliphatic rings. The topological polar surface area (TPSA) is 47.3 Å². The van der Waals surface area contributed by atoms with Gasteiger partial charge in [-0.1, -0.05) is 11.6 Å². The highest BCUT2D eigenvalue weighted by Crippen LogP contribution is 2.33. The molecular formula is C13H12BrClN2O. The van der Waals surface area contributed by atoms with Gasteiger partial charge in [-0.15, -0.1) is 0 Å². The number of hydrogen-bond donors (Lipinski definition) is 2. The van der Waals surface area contributed by atoms with Crippen molar-refractivity contribution >= 4 is 44.6 Å². The van der Waals surface area contributed by atoms with E-state index in [1.165, 1.54) is 0 Å². The molecule has 0 unspecified atom stereocenters. The monoisotopic (exact) mass is 326 g/mol. The first-order valence-corrected chi connectivity index (χ1v) is 6.43. The number of ether oxygens (including phenoxy) is 1. The molecule has 2 aromatic carbocycles. The number of nitrogen functional groups attached to an aromatic ring is 1. The van der Waals surface area contributed by atoms with Crippen LogP contribution >= 0.6 is 27.5 Å². The Hall–Kier alpha value is -1.39. The summed E-state index contributed by atoms with van der Waals surface area (Å²) >= 11 is 9.59. The first-order chi connectivity index (χ1) is 8.60. The van der Waals surface area contributed by atoms with E-state index in [0.29, 0.717) is 10.7 Å². The molecule has 3 nitrogen and oxygen atoms in total. The van der Waals surface area contributed by atoms with E-state index in [1.807, 2.05) is 24.3 Å². The Morgan fingerprint density at radius 1 is 1.17 bits per heavy atom. The van der Waals surface area contributed by atoms with Crippen molar-refractivity contribution < 1.29 is 4.74 Å². The zero-order chi connectivity index (χ0) is 13.1. The molecule has 0 saturated carbocycles. The molecule has 0 aliphatic carbocycles. The smallest absolute Gasteiger partial charge is 0.121 e. The van der Waals surface area contributed by atoms with Crippen molar-refractivity contribution in [3.63, 3.8) is 0 Å². The van der Waals surface area contributed by atoms with Gasteiger partial charge in [-0.25, -0.2) is 0 Å². The third-order valence-corrected chi connectivity index (χ3v) is 3.44. The van der Waals surface area contributed by atoms with Gasteiger partial charge >= 0.3 is 0 Å². The highest BCUT2D eigenvalue weighted by Gasteiger charge is 2.05. The van der Waals surface area contributed by atoms with Crippen LogP contribution in [0.25, 0.3) is 0 Å². The summed E-state index contributed by atoms with van der Waals surface area (Å²) in [5.74, 6) is 0.771. The van der Waals surface area contributed by atoms with E-state index in [9.17, 15) is 0 Å². The normalized spacial score (nSPS) is 10.2. The second kappa shape index (κ2) is 5.50. The second-order valence-corrected chi connectivity index (χ2v) is 4.97. The minimum Gasteiger partial charge on any atom is -0.497 e. The van der Waals surface area contributed by atoms with Gasteiger partial charge in [0.2, 0.25) is 0 Å². The molecular weight excluding hydrogens is 316 g/mol.